The maximum absolute atomic E-state index is 12.9. The van der Waals surface area contributed by atoms with E-state index in [2.05, 4.69) is 66.0 Å². The quantitative estimate of drug-likeness (QED) is 0.193. The Morgan fingerprint density at radius 3 is 2.36 bits per heavy atom. The zero-order valence-corrected chi connectivity index (χ0v) is 24.6. The molecule has 0 aliphatic carbocycles. The van der Waals surface area contributed by atoms with Crippen molar-refractivity contribution in [2.75, 3.05) is 23.7 Å². The molecular formula is C35H40N4O3. The van der Waals surface area contributed by atoms with Crippen molar-refractivity contribution in [1.82, 2.24) is 10.3 Å². The van der Waals surface area contributed by atoms with Gasteiger partial charge >= 0.3 is 6.03 Å². The lowest BCUT2D eigenvalue weighted by atomic mass is 9.86. The molecule has 1 aromatic heterocycles. The highest BCUT2D eigenvalue weighted by atomic mass is 16.5. The fourth-order valence-corrected chi connectivity index (χ4v) is 5.29. The van der Waals surface area contributed by atoms with Crippen LogP contribution in [-0.2, 0) is 11.8 Å². The number of pyridine rings is 1. The smallest absolute Gasteiger partial charge is 0.323 e. The molecule has 1 atom stereocenters. The van der Waals surface area contributed by atoms with Gasteiger partial charge in [0.2, 0.25) is 5.88 Å². The van der Waals surface area contributed by atoms with E-state index in [9.17, 15) is 4.79 Å². The van der Waals surface area contributed by atoms with Crippen molar-refractivity contribution in [3.63, 3.8) is 0 Å². The molecular weight excluding hydrogens is 524 g/mol. The maximum Gasteiger partial charge on any atom is 0.323 e. The third kappa shape index (κ3) is 7.89. The Morgan fingerprint density at radius 1 is 0.905 bits per heavy atom. The zero-order chi connectivity index (χ0) is 29.4. The lowest BCUT2D eigenvalue weighted by Crippen LogP contribution is -2.38. The largest absolute Gasteiger partial charge is 0.490 e. The average molecular weight is 565 g/mol. The van der Waals surface area contributed by atoms with E-state index in [4.69, 9.17) is 9.47 Å². The molecule has 1 aliphatic rings. The van der Waals surface area contributed by atoms with Crippen LogP contribution in [0.15, 0.2) is 97.2 Å². The number of nitrogens with zero attached hydrogens (tertiary/aromatic N) is 1. The van der Waals surface area contributed by atoms with E-state index in [1.807, 2.05) is 54.6 Å². The Bertz CT molecular complexity index is 1450. The summed E-state index contributed by atoms with van der Waals surface area (Å²) in [6, 6.07) is 29.1. The van der Waals surface area contributed by atoms with Gasteiger partial charge in [-0.1, -0.05) is 69.3 Å². The summed E-state index contributed by atoms with van der Waals surface area (Å²) in [5.74, 6) is 2.32. The molecule has 0 spiro atoms. The first-order chi connectivity index (χ1) is 20.3. The van der Waals surface area contributed by atoms with Crippen LogP contribution < -0.4 is 25.4 Å². The van der Waals surface area contributed by atoms with Crippen molar-refractivity contribution in [2.45, 2.75) is 51.6 Å². The van der Waals surface area contributed by atoms with Crippen molar-refractivity contribution < 1.29 is 14.3 Å². The van der Waals surface area contributed by atoms with Crippen molar-refractivity contribution in [3.05, 3.63) is 108 Å². The van der Waals surface area contributed by atoms with Gasteiger partial charge in [0.15, 0.2) is 0 Å². The summed E-state index contributed by atoms with van der Waals surface area (Å²) in [4.78, 5) is 17.3. The Labute approximate surface area is 248 Å². The van der Waals surface area contributed by atoms with Crippen LogP contribution in [0.1, 0.15) is 44.7 Å². The number of para-hydroxylation sites is 1. The summed E-state index contributed by atoms with van der Waals surface area (Å²) in [5, 5.41) is 9.23. The highest BCUT2D eigenvalue weighted by Crippen LogP contribution is 2.35. The van der Waals surface area contributed by atoms with Crippen LogP contribution in [0, 0.1) is 5.92 Å². The van der Waals surface area contributed by atoms with E-state index in [1.165, 1.54) is 5.56 Å². The predicted molar refractivity (Wildman–Crippen MR) is 169 cm³/mol. The van der Waals surface area contributed by atoms with Crippen LogP contribution in [0.4, 0.5) is 16.2 Å². The molecule has 1 aliphatic heterocycles. The van der Waals surface area contributed by atoms with Crippen LogP contribution in [0.25, 0.3) is 0 Å². The summed E-state index contributed by atoms with van der Waals surface area (Å²) in [5.41, 5.74) is 3.35. The molecule has 7 nitrogen and oxygen atoms in total. The first-order valence-electron chi connectivity index (χ1n) is 14.7. The lowest BCUT2D eigenvalue weighted by Gasteiger charge is -2.31. The van der Waals surface area contributed by atoms with Gasteiger partial charge in [-0.25, -0.2) is 9.78 Å². The normalized spacial score (nSPS) is 14.5. The summed E-state index contributed by atoms with van der Waals surface area (Å²) >= 11 is 0. The van der Waals surface area contributed by atoms with Gasteiger partial charge in [-0.15, -0.1) is 0 Å². The number of ether oxygens (including phenoxy) is 2. The first kappa shape index (κ1) is 29.1. The molecule has 2 amide bonds. The molecule has 3 aromatic carbocycles. The first-order valence-corrected chi connectivity index (χ1v) is 14.7. The second kappa shape index (κ2) is 13.5. The lowest BCUT2D eigenvalue weighted by molar-refractivity contribution is 0.112. The molecule has 0 radical (unpaired) electrons. The summed E-state index contributed by atoms with van der Waals surface area (Å²) < 4.78 is 12.7. The molecule has 7 heteroatoms. The van der Waals surface area contributed by atoms with Crippen molar-refractivity contribution in [1.29, 1.82) is 0 Å². The fraction of sp³-hybridized carbons (Fsp3) is 0.314. The number of benzene rings is 3. The molecule has 2 heterocycles. The topological polar surface area (TPSA) is 84.5 Å². The van der Waals surface area contributed by atoms with Gasteiger partial charge in [-0.05, 0) is 85.3 Å². The number of anilines is 2. The number of rotatable bonds is 9. The van der Waals surface area contributed by atoms with E-state index in [0.717, 1.165) is 43.7 Å². The minimum atomic E-state index is -0.387. The third-order valence-corrected chi connectivity index (χ3v) is 7.51. The fourth-order valence-electron chi connectivity index (χ4n) is 5.29. The molecule has 1 saturated heterocycles. The van der Waals surface area contributed by atoms with E-state index in [1.54, 1.807) is 18.3 Å². The van der Waals surface area contributed by atoms with E-state index < -0.39 is 0 Å². The highest BCUT2D eigenvalue weighted by Gasteiger charge is 2.26. The van der Waals surface area contributed by atoms with Gasteiger partial charge in [0.1, 0.15) is 23.3 Å². The van der Waals surface area contributed by atoms with E-state index in [-0.39, 0.29) is 17.6 Å². The van der Waals surface area contributed by atoms with Crippen LogP contribution in [0.5, 0.6) is 17.4 Å². The van der Waals surface area contributed by atoms with Gasteiger partial charge < -0.3 is 25.4 Å². The molecule has 1 fully saturated rings. The van der Waals surface area contributed by atoms with Crippen molar-refractivity contribution in [3.8, 4) is 17.4 Å². The molecule has 3 N–H and O–H groups in total. The Morgan fingerprint density at radius 2 is 1.62 bits per heavy atom. The highest BCUT2D eigenvalue weighted by molar-refractivity contribution is 6.00. The van der Waals surface area contributed by atoms with Gasteiger partial charge in [-0.3, -0.25) is 0 Å². The Hall–Kier alpha value is -4.36. The number of carbonyl (C=O) groups excluding carboxylic acids is 1. The Balaban J connectivity index is 1.22. The summed E-state index contributed by atoms with van der Waals surface area (Å²) in [6.07, 6.45) is 4.79. The van der Waals surface area contributed by atoms with Gasteiger partial charge in [0.05, 0.1) is 0 Å². The average Bonchev–Trinajstić information content (AvgIpc) is 2.99. The minimum Gasteiger partial charge on any atom is -0.490 e. The van der Waals surface area contributed by atoms with Crippen LogP contribution in [0.2, 0.25) is 0 Å². The minimum absolute atomic E-state index is 0.0871. The molecule has 0 saturated carbocycles. The van der Waals surface area contributed by atoms with E-state index in [0.29, 0.717) is 28.9 Å². The second-order valence-electron chi connectivity index (χ2n) is 11.7. The Kier molecular flexibility index (Phi) is 9.39. The van der Waals surface area contributed by atoms with Gasteiger partial charge in [0, 0.05) is 23.9 Å². The van der Waals surface area contributed by atoms with Crippen molar-refractivity contribution >= 4 is 17.4 Å². The molecule has 0 bridgehead atoms. The monoisotopic (exact) mass is 564 g/mol. The second-order valence-corrected chi connectivity index (χ2v) is 11.7. The summed E-state index contributed by atoms with van der Waals surface area (Å²) in [7, 11) is 0. The standard InChI is InChI=1S/C35H40N4O3/c1-35(2,3)29-12-7-8-14-31(29)42-33-30(13-9-21-37-33)39-34(40)38-27-15-17-28(18-16-27)41-32(26-19-22-36-23-20-26)24-25-10-5-4-6-11-25/h4-18,21,26,32,36H,19-20,22-24H2,1-3H3,(H2,38,39,40). The molecule has 42 heavy (non-hydrogen) atoms. The van der Waals surface area contributed by atoms with E-state index >= 15 is 0 Å². The predicted octanol–water partition coefficient (Wildman–Crippen LogP) is 7.81. The number of hydrogen-bond acceptors (Lipinski definition) is 5. The molecule has 1 unspecified atom stereocenters. The zero-order valence-electron chi connectivity index (χ0n) is 24.6. The number of aromatic nitrogens is 1. The number of hydrogen-bond donors (Lipinski definition) is 3. The number of carbonyl (C=O) groups is 1. The SMILES string of the molecule is CC(C)(C)c1ccccc1Oc1ncccc1NC(=O)Nc1ccc(OC(Cc2ccccc2)C2CCNCC2)cc1. The number of amides is 2. The maximum atomic E-state index is 12.9. The van der Waals surface area contributed by atoms with Crippen LogP contribution in [-0.4, -0.2) is 30.2 Å². The van der Waals surface area contributed by atoms with Gasteiger partial charge in [-0.2, -0.15) is 0 Å². The van der Waals surface area contributed by atoms with Crippen LogP contribution >= 0.6 is 0 Å². The number of urea groups is 1. The number of piperidine rings is 1. The van der Waals surface area contributed by atoms with Crippen LogP contribution in [0.3, 0.4) is 0 Å². The van der Waals surface area contributed by atoms with Gasteiger partial charge in [0.25, 0.3) is 0 Å². The molecule has 5 rings (SSSR count). The summed E-state index contributed by atoms with van der Waals surface area (Å²) in [6.45, 7) is 8.43. The third-order valence-electron chi connectivity index (χ3n) is 7.51. The number of nitrogens with one attached hydrogen (secondary N) is 3. The van der Waals surface area contributed by atoms with Crippen molar-refractivity contribution in [2.24, 2.45) is 5.92 Å². The molecule has 4 aromatic rings. The molecule has 218 valence electrons.